The molecule has 0 atom stereocenters. The third-order valence-corrected chi connectivity index (χ3v) is 3.87. The van der Waals surface area contributed by atoms with Gasteiger partial charge in [0.15, 0.2) is 5.78 Å². The molecule has 0 fully saturated rings. The standard InChI is InChI=1S/C15H13NO3S/c1-11(17)13-5-7-15(8-6-13)20-10-12-3-2-4-14(9-12)16(18)19/h2-9H,10H2,1H3. The highest BCUT2D eigenvalue weighted by Crippen LogP contribution is 2.24. The van der Waals surface area contributed by atoms with E-state index < -0.39 is 4.92 Å². The van der Waals surface area contributed by atoms with Gasteiger partial charge in [-0.3, -0.25) is 14.9 Å². The van der Waals surface area contributed by atoms with E-state index in [1.54, 1.807) is 36.0 Å². The number of Topliss-reactive ketones (excluding diaryl/α,β-unsaturated/α-hetero) is 1. The highest BCUT2D eigenvalue weighted by molar-refractivity contribution is 7.98. The zero-order chi connectivity index (χ0) is 14.5. The Morgan fingerprint density at radius 2 is 1.90 bits per heavy atom. The number of nitro groups is 1. The molecule has 20 heavy (non-hydrogen) atoms. The maximum atomic E-state index is 11.2. The third kappa shape index (κ3) is 3.68. The Labute approximate surface area is 121 Å². The molecular formula is C15H13NO3S. The van der Waals surface area contributed by atoms with Crippen molar-refractivity contribution in [1.29, 1.82) is 0 Å². The van der Waals surface area contributed by atoms with E-state index >= 15 is 0 Å². The summed E-state index contributed by atoms with van der Waals surface area (Å²) in [6.07, 6.45) is 0. The molecule has 0 saturated carbocycles. The normalized spacial score (nSPS) is 10.2. The molecule has 2 rings (SSSR count). The third-order valence-electron chi connectivity index (χ3n) is 2.79. The van der Waals surface area contributed by atoms with Crippen molar-refractivity contribution in [3.05, 3.63) is 69.8 Å². The van der Waals surface area contributed by atoms with Gasteiger partial charge in [0.2, 0.25) is 0 Å². The monoisotopic (exact) mass is 287 g/mol. The number of hydrogen-bond acceptors (Lipinski definition) is 4. The number of nitro benzene ring substituents is 1. The summed E-state index contributed by atoms with van der Waals surface area (Å²) in [5.74, 6) is 0.696. The van der Waals surface area contributed by atoms with E-state index in [0.29, 0.717) is 11.3 Å². The Balaban J connectivity index is 2.03. The molecule has 0 aliphatic carbocycles. The molecule has 0 aliphatic heterocycles. The van der Waals surface area contributed by atoms with Crippen molar-refractivity contribution in [1.82, 2.24) is 0 Å². The lowest BCUT2D eigenvalue weighted by Crippen LogP contribution is -1.91. The number of rotatable bonds is 5. The number of ketones is 1. The van der Waals surface area contributed by atoms with Crippen LogP contribution in [0.4, 0.5) is 5.69 Å². The van der Waals surface area contributed by atoms with Crippen molar-refractivity contribution in [3.8, 4) is 0 Å². The van der Waals surface area contributed by atoms with Crippen molar-refractivity contribution in [2.45, 2.75) is 17.6 Å². The molecule has 0 spiro atoms. The number of hydrogen-bond donors (Lipinski definition) is 0. The number of carbonyl (C=O) groups excluding carboxylic acids is 1. The minimum absolute atomic E-state index is 0.0419. The molecular weight excluding hydrogens is 274 g/mol. The SMILES string of the molecule is CC(=O)c1ccc(SCc2cccc([N+](=O)[O-])c2)cc1. The molecule has 0 aromatic heterocycles. The van der Waals surface area contributed by atoms with Crippen LogP contribution in [0.3, 0.4) is 0 Å². The van der Waals surface area contributed by atoms with E-state index in [0.717, 1.165) is 10.5 Å². The highest BCUT2D eigenvalue weighted by Gasteiger charge is 2.06. The molecule has 0 heterocycles. The maximum absolute atomic E-state index is 11.2. The number of non-ortho nitro benzene ring substituents is 1. The van der Waals surface area contributed by atoms with Gasteiger partial charge in [-0.25, -0.2) is 0 Å². The smallest absolute Gasteiger partial charge is 0.269 e. The molecule has 0 amide bonds. The lowest BCUT2D eigenvalue weighted by molar-refractivity contribution is -0.384. The van der Waals surface area contributed by atoms with Crippen molar-refractivity contribution >= 4 is 23.2 Å². The van der Waals surface area contributed by atoms with E-state index in [9.17, 15) is 14.9 Å². The molecule has 5 heteroatoms. The number of thioether (sulfide) groups is 1. The molecule has 0 N–H and O–H groups in total. The van der Waals surface area contributed by atoms with Crippen LogP contribution in [0.1, 0.15) is 22.8 Å². The molecule has 0 aliphatic rings. The van der Waals surface area contributed by atoms with Crippen LogP contribution in [0.25, 0.3) is 0 Å². The summed E-state index contributed by atoms with van der Waals surface area (Å²) in [6.45, 7) is 1.53. The van der Waals surface area contributed by atoms with Crippen molar-refractivity contribution in [3.63, 3.8) is 0 Å². The Kier molecular flexibility index (Phi) is 4.53. The van der Waals surface area contributed by atoms with Gasteiger partial charge in [-0.1, -0.05) is 24.3 Å². The quantitative estimate of drug-likeness (QED) is 0.359. The Bertz CT molecular complexity index is 638. The van der Waals surface area contributed by atoms with Crippen LogP contribution < -0.4 is 0 Å². The number of benzene rings is 2. The second-order valence-electron chi connectivity index (χ2n) is 4.30. The van der Waals surface area contributed by atoms with Crippen LogP contribution in [-0.4, -0.2) is 10.7 Å². The summed E-state index contributed by atoms with van der Waals surface area (Å²) in [7, 11) is 0. The van der Waals surface area contributed by atoms with Crippen LogP contribution in [0.5, 0.6) is 0 Å². The minimum Gasteiger partial charge on any atom is -0.295 e. The van der Waals surface area contributed by atoms with Gasteiger partial charge < -0.3 is 0 Å². The number of carbonyl (C=O) groups is 1. The second-order valence-corrected chi connectivity index (χ2v) is 5.35. The second kappa shape index (κ2) is 6.34. The van der Waals surface area contributed by atoms with Gasteiger partial charge in [-0.05, 0) is 24.6 Å². The molecule has 0 bridgehead atoms. The van der Waals surface area contributed by atoms with Gasteiger partial charge >= 0.3 is 0 Å². The maximum Gasteiger partial charge on any atom is 0.269 e. The molecule has 4 nitrogen and oxygen atoms in total. The predicted octanol–water partition coefficient (Wildman–Crippen LogP) is 4.09. The fourth-order valence-corrected chi connectivity index (χ4v) is 2.55. The first-order valence-electron chi connectivity index (χ1n) is 6.03. The van der Waals surface area contributed by atoms with Gasteiger partial charge in [0.05, 0.1) is 4.92 Å². The summed E-state index contributed by atoms with van der Waals surface area (Å²) >= 11 is 1.58. The summed E-state index contributed by atoms with van der Waals surface area (Å²) in [5.41, 5.74) is 1.69. The van der Waals surface area contributed by atoms with Crippen LogP contribution in [0.15, 0.2) is 53.4 Å². The lowest BCUT2D eigenvalue weighted by atomic mass is 10.2. The Hall–Kier alpha value is -2.14. The molecule has 0 radical (unpaired) electrons. The first-order valence-corrected chi connectivity index (χ1v) is 7.02. The summed E-state index contributed by atoms with van der Waals surface area (Å²) in [4.78, 5) is 22.5. The lowest BCUT2D eigenvalue weighted by Gasteiger charge is -2.03. The average molecular weight is 287 g/mol. The van der Waals surface area contributed by atoms with E-state index in [1.807, 2.05) is 18.2 Å². The van der Waals surface area contributed by atoms with Crippen molar-refractivity contribution in [2.75, 3.05) is 0 Å². The summed E-state index contributed by atoms with van der Waals surface area (Å²) in [5, 5.41) is 10.7. The molecule has 0 saturated heterocycles. The first-order chi connectivity index (χ1) is 9.56. The fourth-order valence-electron chi connectivity index (χ4n) is 1.71. The van der Waals surface area contributed by atoms with E-state index in [-0.39, 0.29) is 11.5 Å². The summed E-state index contributed by atoms with van der Waals surface area (Å²) in [6, 6.07) is 14.0. The molecule has 102 valence electrons. The first kappa shape index (κ1) is 14.3. The van der Waals surface area contributed by atoms with Crippen LogP contribution >= 0.6 is 11.8 Å². The Morgan fingerprint density at radius 1 is 1.20 bits per heavy atom. The van der Waals surface area contributed by atoms with Crippen LogP contribution in [0, 0.1) is 10.1 Å². The molecule has 2 aromatic carbocycles. The van der Waals surface area contributed by atoms with Crippen molar-refractivity contribution < 1.29 is 9.72 Å². The van der Waals surface area contributed by atoms with Gasteiger partial charge in [0.25, 0.3) is 5.69 Å². The van der Waals surface area contributed by atoms with Gasteiger partial charge in [0, 0.05) is 28.3 Å². The van der Waals surface area contributed by atoms with Crippen molar-refractivity contribution in [2.24, 2.45) is 0 Å². The Morgan fingerprint density at radius 3 is 2.50 bits per heavy atom. The summed E-state index contributed by atoms with van der Waals surface area (Å²) < 4.78 is 0. The molecule has 0 unspecified atom stereocenters. The van der Waals surface area contributed by atoms with Crippen LogP contribution in [-0.2, 0) is 5.75 Å². The van der Waals surface area contributed by atoms with Crippen LogP contribution in [0.2, 0.25) is 0 Å². The highest BCUT2D eigenvalue weighted by atomic mass is 32.2. The molecule has 2 aromatic rings. The van der Waals surface area contributed by atoms with Gasteiger partial charge in [0.1, 0.15) is 0 Å². The largest absolute Gasteiger partial charge is 0.295 e. The van der Waals surface area contributed by atoms with Gasteiger partial charge in [-0.15, -0.1) is 11.8 Å². The zero-order valence-corrected chi connectivity index (χ0v) is 11.7. The van der Waals surface area contributed by atoms with E-state index in [4.69, 9.17) is 0 Å². The van der Waals surface area contributed by atoms with Gasteiger partial charge in [-0.2, -0.15) is 0 Å². The minimum atomic E-state index is -0.393. The average Bonchev–Trinajstić information content (AvgIpc) is 2.46. The zero-order valence-electron chi connectivity index (χ0n) is 10.9. The van der Waals surface area contributed by atoms with E-state index in [1.165, 1.54) is 13.0 Å². The number of nitrogens with zero attached hydrogens (tertiary/aromatic N) is 1. The fraction of sp³-hybridized carbons (Fsp3) is 0.133. The van der Waals surface area contributed by atoms with E-state index in [2.05, 4.69) is 0 Å². The predicted molar refractivity (Wildman–Crippen MR) is 79.1 cm³/mol. The topological polar surface area (TPSA) is 60.2 Å².